The quantitative estimate of drug-likeness (QED) is 0.508. The van der Waals surface area contributed by atoms with Crippen molar-refractivity contribution in [2.45, 2.75) is 0 Å². The summed E-state index contributed by atoms with van der Waals surface area (Å²) >= 11 is 1.35. The summed E-state index contributed by atoms with van der Waals surface area (Å²) in [6.45, 7) is 0. The lowest BCUT2D eigenvalue weighted by Crippen LogP contribution is -2.11. The Balaban J connectivity index is 1.42. The molecule has 0 aliphatic rings. The molecule has 2 amide bonds. The Morgan fingerprint density at radius 2 is 1.41 bits per heavy atom. The van der Waals surface area contributed by atoms with Crippen LogP contribution in [0.3, 0.4) is 0 Å². The number of rotatable bonds is 5. The minimum absolute atomic E-state index is 0.159. The van der Waals surface area contributed by atoms with Crippen LogP contribution >= 0.6 is 11.3 Å². The Kier molecular flexibility index (Phi) is 5.40. The maximum atomic E-state index is 12.2. The molecule has 6 nitrogen and oxygen atoms in total. The van der Waals surface area contributed by atoms with Crippen molar-refractivity contribution in [1.29, 1.82) is 0 Å². The van der Waals surface area contributed by atoms with Crippen LogP contribution in [0.5, 0.6) is 0 Å². The van der Waals surface area contributed by atoms with Crippen molar-refractivity contribution >= 4 is 34.0 Å². The van der Waals surface area contributed by atoms with Gasteiger partial charge >= 0.3 is 0 Å². The molecule has 2 heterocycles. The highest BCUT2D eigenvalue weighted by Crippen LogP contribution is 2.26. The highest BCUT2D eigenvalue weighted by atomic mass is 32.1. The highest BCUT2D eigenvalue weighted by Gasteiger charge is 2.10. The van der Waals surface area contributed by atoms with E-state index in [0.29, 0.717) is 21.9 Å². The van der Waals surface area contributed by atoms with Gasteiger partial charge in [0.05, 0.1) is 5.69 Å². The number of thiazole rings is 1. The first-order chi connectivity index (χ1) is 14.2. The first-order valence-corrected chi connectivity index (χ1v) is 9.71. The minimum atomic E-state index is -0.229. The van der Waals surface area contributed by atoms with Gasteiger partial charge in [-0.2, -0.15) is 0 Å². The summed E-state index contributed by atoms with van der Waals surface area (Å²) < 4.78 is 0. The third-order valence-corrected chi connectivity index (χ3v) is 4.90. The standard InChI is InChI=1S/C22H16N4O2S/c27-20(16-4-2-1-3-5-16)24-18-8-6-15(7-9-18)19-14-29-22(25-19)26-21(28)17-10-12-23-13-11-17/h1-14H,(H,24,27)(H,25,26,28). The first kappa shape index (κ1) is 18.5. The van der Waals surface area contributed by atoms with Crippen molar-refractivity contribution in [1.82, 2.24) is 9.97 Å². The summed E-state index contributed by atoms with van der Waals surface area (Å²) in [7, 11) is 0. The largest absolute Gasteiger partial charge is 0.322 e. The van der Waals surface area contributed by atoms with Gasteiger partial charge in [0.2, 0.25) is 0 Å². The second-order valence-electron chi connectivity index (χ2n) is 6.13. The number of amides is 2. The number of carbonyl (C=O) groups excluding carboxylic acids is 2. The van der Waals surface area contributed by atoms with Gasteiger partial charge in [0, 0.05) is 40.2 Å². The highest BCUT2D eigenvalue weighted by molar-refractivity contribution is 7.14. The van der Waals surface area contributed by atoms with E-state index in [1.165, 1.54) is 11.3 Å². The minimum Gasteiger partial charge on any atom is -0.322 e. The first-order valence-electron chi connectivity index (χ1n) is 8.83. The second-order valence-corrected chi connectivity index (χ2v) is 6.98. The van der Waals surface area contributed by atoms with E-state index in [1.807, 2.05) is 47.8 Å². The number of hydrogen-bond donors (Lipinski definition) is 2. The molecule has 2 aromatic heterocycles. The van der Waals surface area contributed by atoms with Crippen LogP contribution in [0.25, 0.3) is 11.3 Å². The molecule has 2 aromatic carbocycles. The van der Waals surface area contributed by atoms with Gasteiger partial charge < -0.3 is 5.32 Å². The molecule has 4 rings (SSSR count). The van der Waals surface area contributed by atoms with Crippen molar-refractivity contribution < 1.29 is 9.59 Å². The molecule has 29 heavy (non-hydrogen) atoms. The monoisotopic (exact) mass is 400 g/mol. The smallest absolute Gasteiger partial charge is 0.257 e. The van der Waals surface area contributed by atoms with Gasteiger partial charge in [0.15, 0.2) is 5.13 Å². The van der Waals surface area contributed by atoms with Gasteiger partial charge in [-0.05, 0) is 36.4 Å². The molecular weight excluding hydrogens is 384 g/mol. The summed E-state index contributed by atoms with van der Waals surface area (Å²) in [4.78, 5) is 32.8. The number of anilines is 2. The van der Waals surface area contributed by atoms with E-state index in [4.69, 9.17) is 0 Å². The summed E-state index contributed by atoms with van der Waals surface area (Å²) in [6.07, 6.45) is 3.14. The van der Waals surface area contributed by atoms with E-state index >= 15 is 0 Å². The van der Waals surface area contributed by atoms with Gasteiger partial charge in [0.1, 0.15) is 0 Å². The number of pyridine rings is 1. The molecule has 2 N–H and O–H groups in total. The van der Waals surface area contributed by atoms with Gasteiger partial charge in [-0.15, -0.1) is 11.3 Å². The summed E-state index contributed by atoms with van der Waals surface area (Å²) in [5.74, 6) is -0.389. The molecular formula is C22H16N4O2S. The molecule has 0 atom stereocenters. The molecule has 0 bridgehead atoms. The Bertz CT molecular complexity index is 1130. The van der Waals surface area contributed by atoms with Crippen molar-refractivity contribution in [3.63, 3.8) is 0 Å². The van der Waals surface area contributed by atoms with Crippen LogP contribution in [0.15, 0.2) is 84.5 Å². The van der Waals surface area contributed by atoms with E-state index in [1.54, 1.807) is 36.7 Å². The molecule has 0 saturated carbocycles. The Hall–Kier alpha value is -3.84. The van der Waals surface area contributed by atoms with E-state index < -0.39 is 0 Å². The number of aromatic nitrogens is 2. The lowest BCUT2D eigenvalue weighted by molar-refractivity contribution is 0.101. The van der Waals surface area contributed by atoms with Crippen molar-refractivity contribution in [2.24, 2.45) is 0 Å². The summed E-state index contributed by atoms with van der Waals surface area (Å²) in [5, 5.41) is 8.05. The molecule has 0 aliphatic carbocycles. The topological polar surface area (TPSA) is 84.0 Å². The predicted molar refractivity (Wildman–Crippen MR) is 114 cm³/mol. The Labute approximate surface area is 171 Å². The number of benzene rings is 2. The van der Waals surface area contributed by atoms with Crippen LogP contribution in [0.1, 0.15) is 20.7 Å². The molecule has 4 aromatic rings. The van der Waals surface area contributed by atoms with E-state index in [9.17, 15) is 9.59 Å². The zero-order valence-corrected chi connectivity index (χ0v) is 16.0. The van der Waals surface area contributed by atoms with E-state index in [0.717, 1.165) is 11.3 Å². The lowest BCUT2D eigenvalue weighted by atomic mass is 10.1. The van der Waals surface area contributed by atoms with Gasteiger partial charge in [0.25, 0.3) is 11.8 Å². The molecule has 0 saturated heterocycles. The normalized spacial score (nSPS) is 10.3. The molecule has 0 spiro atoms. The number of nitrogens with zero attached hydrogens (tertiary/aromatic N) is 2. The van der Waals surface area contributed by atoms with Crippen LogP contribution in [-0.4, -0.2) is 21.8 Å². The van der Waals surface area contributed by atoms with E-state index in [-0.39, 0.29) is 11.8 Å². The van der Waals surface area contributed by atoms with Crippen molar-refractivity contribution in [3.8, 4) is 11.3 Å². The molecule has 0 fully saturated rings. The van der Waals surface area contributed by atoms with Gasteiger partial charge in [-0.25, -0.2) is 4.98 Å². The van der Waals surface area contributed by atoms with Crippen molar-refractivity contribution in [2.75, 3.05) is 10.6 Å². The lowest BCUT2D eigenvalue weighted by Gasteiger charge is -2.06. The van der Waals surface area contributed by atoms with Gasteiger partial charge in [-0.3, -0.25) is 19.9 Å². The molecule has 142 valence electrons. The van der Waals surface area contributed by atoms with Crippen LogP contribution < -0.4 is 10.6 Å². The molecule has 0 radical (unpaired) electrons. The fourth-order valence-corrected chi connectivity index (χ4v) is 3.37. The Morgan fingerprint density at radius 3 is 2.14 bits per heavy atom. The van der Waals surface area contributed by atoms with Gasteiger partial charge in [-0.1, -0.05) is 30.3 Å². The molecule has 7 heteroatoms. The number of hydrogen-bond acceptors (Lipinski definition) is 5. The van der Waals surface area contributed by atoms with Crippen LogP contribution in [0.4, 0.5) is 10.8 Å². The molecule has 0 aliphatic heterocycles. The van der Waals surface area contributed by atoms with Crippen LogP contribution in [-0.2, 0) is 0 Å². The SMILES string of the molecule is O=C(Nc1ccc(-c2csc(NC(=O)c3ccncc3)n2)cc1)c1ccccc1. The fourth-order valence-electron chi connectivity index (χ4n) is 2.65. The predicted octanol–water partition coefficient (Wildman–Crippen LogP) is 4.71. The third kappa shape index (κ3) is 4.53. The van der Waals surface area contributed by atoms with Crippen molar-refractivity contribution in [3.05, 3.63) is 95.6 Å². The summed E-state index contributed by atoms with van der Waals surface area (Å²) in [6, 6.07) is 19.7. The Morgan fingerprint density at radius 1 is 0.759 bits per heavy atom. The average Bonchev–Trinajstić information content (AvgIpc) is 3.24. The maximum Gasteiger partial charge on any atom is 0.257 e. The van der Waals surface area contributed by atoms with Crippen LogP contribution in [0.2, 0.25) is 0 Å². The fraction of sp³-hybridized carbons (Fsp3) is 0. The number of nitrogens with one attached hydrogen (secondary N) is 2. The molecule has 0 unspecified atom stereocenters. The average molecular weight is 400 g/mol. The second kappa shape index (κ2) is 8.45. The zero-order chi connectivity index (χ0) is 20.1. The maximum absolute atomic E-state index is 12.2. The van der Waals surface area contributed by atoms with Crippen LogP contribution in [0, 0.1) is 0 Å². The van der Waals surface area contributed by atoms with E-state index in [2.05, 4.69) is 20.6 Å². The number of carbonyl (C=O) groups is 2. The summed E-state index contributed by atoms with van der Waals surface area (Å²) in [5.41, 5.74) is 3.47. The zero-order valence-electron chi connectivity index (χ0n) is 15.2. The third-order valence-electron chi connectivity index (χ3n) is 4.14.